The molecule has 2 rings (SSSR count). The number of pyridine rings is 1. The molecule has 0 aromatic carbocycles. The van der Waals surface area contributed by atoms with Gasteiger partial charge in [-0.1, -0.05) is 58.3 Å². The normalized spacial score (nSPS) is 15.0. The second-order valence-electron chi connectivity index (χ2n) is 6.83. The number of hydrogen-bond donors (Lipinski definition) is 1. The Bertz CT molecular complexity index is 466. The van der Waals surface area contributed by atoms with Gasteiger partial charge in [0.1, 0.15) is 5.69 Å². The highest BCUT2D eigenvalue weighted by atomic mass is 16.1. The van der Waals surface area contributed by atoms with Crippen molar-refractivity contribution >= 4 is 5.91 Å². The van der Waals surface area contributed by atoms with Gasteiger partial charge in [0.15, 0.2) is 0 Å². The SMILES string of the molecule is CCCCCCCCCNC(=O)c1cc(C2CCCC2)ccn1. The summed E-state index contributed by atoms with van der Waals surface area (Å²) in [6.45, 7) is 3.01. The lowest BCUT2D eigenvalue weighted by atomic mass is 9.98. The number of rotatable bonds is 10. The molecule has 128 valence electrons. The fourth-order valence-electron chi connectivity index (χ4n) is 3.46. The topological polar surface area (TPSA) is 42.0 Å². The van der Waals surface area contributed by atoms with Crippen molar-refractivity contribution in [2.24, 2.45) is 0 Å². The van der Waals surface area contributed by atoms with E-state index < -0.39 is 0 Å². The Morgan fingerprint density at radius 3 is 2.57 bits per heavy atom. The number of nitrogens with one attached hydrogen (secondary N) is 1. The molecule has 0 bridgehead atoms. The van der Waals surface area contributed by atoms with Gasteiger partial charge in [-0.05, 0) is 42.9 Å². The summed E-state index contributed by atoms with van der Waals surface area (Å²) in [6.07, 6.45) is 15.8. The monoisotopic (exact) mass is 316 g/mol. The average Bonchev–Trinajstić information content (AvgIpc) is 3.12. The molecule has 0 spiro atoms. The van der Waals surface area contributed by atoms with Crippen LogP contribution in [0.1, 0.15) is 99.5 Å². The molecule has 0 atom stereocenters. The molecule has 1 fully saturated rings. The van der Waals surface area contributed by atoms with E-state index in [2.05, 4.69) is 23.3 Å². The van der Waals surface area contributed by atoms with Crippen molar-refractivity contribution in [2.75, 3.05) is 6.54 Å². The van der Waals surface area contributed by atoms with Crippen LogP contribution in [0, 0.1) is 0 Å². The van der Waals surface area contributed by atoms with E-state index in [0.717, 1.165) is 13.0 Å². The van der Waals surface area contributed by atoms with Crippen LogP contribution in [0.5, 0.6) is 0 Å². The Morgan fingerprint density at radius 2 is 1.83 bits per heavy atom. The van der Waals surface area contributed by atoms with Gasteiger partial charge in [-0.2, -0.15) is 0 Å². The van der Waals surface area contributed by atoms with Crippen molar-refractivity contribution in [1.29, 1.82) is 0 Å². The van der Waals surface area contributed by atoms with E-state index in [1.807, 2.05) is 6.07 Å². The van der Waals surface area contributed by atoms with E-state index in [1.165, 1.54) is 69.8 Å². The summed E-state index contributed by atoms with van der Waals surface area (Å²) in [5.41, 5.74) is 1.87. The van der Waals surface area contributed by atoms with Crippen molar-refractivity contribution in [2.45, 2.75) is 83.5 Å². The van der Waals surface area contributed by atoms with E-state index in [1.54, 1.807) is 6.20 Å². The zero-order chi connectivity index (χ0) is 16.3. The molecule has 0 saturated heterocycles. The molecule has 0 radical (unpaired) electrons. The summed E-state index contributed by atoms with van der Waals surface area (Å²) >= 11 is 0. The molecule has 1 amide bonds. The second-order valence-corrected chi connectivity index (χ2v) is 6.83. The van der Waals surface area contributed by atoms with E-state index in [9.17, 15) is 4.79 Å². The number of hydrogen-bond acceptors (Lipinski definition) is 2. The summed E-state index contributed by atoms with van der Waals surface area (Å²) in [7, 11) is 0. The maximum atomic E-state index is 12.2. The van der Waals surface area contributed by atoms with Gasteiger partial charge in [0.25, 0.3) is 5.91 Å². The van der Waals surface area contributed by atoms with Crippen LogP contribution in [0.4, 0.5) is 0 Å². The van der Waals surface area contributed by atoms with Gasteiger partial charge in [-0.15, -0.1) is 0 Å². The van der Waals surface area contributed by atoms with E-state index in [0.29, 0.717) is 11.6 Å². The van der Waals surface area contributed by atoms with E-state index >= 15 is 0 Å². The first-order valence-corrected chi connectivity index (χ1v) is 9.55. The van der Waals surface area contributed by atoms with Crippen LogP contribution in [0.25, 0.3) is 0 Å². The molecule has 1 aromatic rings. The van der Waals surface area contributed by atoms with Crippen molar-refractivity contribution in [3.05, 3.63) is 29.6 Å². The number of carbonyl (C=O) groups excluding carboxylic acids is 1. The molecule has 1 heterocycles. The molecule has 0 unspecified atom stereocenters. The van der Waals surface area contributed by atoms with Crippen molar-refractivity contribution < 1.29 is 4.79 Å². The first kappa shape index (κ1) is 18.0. The molecular weight excluding hydrogens is 284 g/mol. The van der Waals surface area contributed by atoms with E-state index in [4.69, 9.17) is 0 Å². The molecule has 1 N–H and O–H groups in total. The summed E-state index contributed by atoms with van der Waals surface area (Å²) in [6, 6.07) is 4.07. The Kier molecular flexibility index (Phi) is 8.13. The lowest BCUT2D eigenvalue weighted by Crippen LogP contribution is -2.25. The average molecular weight is 316 g/mol. The molecule has 0 aliphatic heterocycles. The molecule has 1 aliphatic carbocycles. The predicted octanol–water partition coefficient (Wildman–Crippen LogP) is 5.22. The van der Waals surface area contributed by atoms with Gasteiger partial charge in [-0.3, -0.25) is 9.78 Å². The van der Waals surface area contributed by atoms with Crippen molar-refractivity contribution in [3.8, 4) is 0 Å². The second kappa shape index (κ2) is 10.4. The lowest BCUT2D eigenvalue weighted by Gasteiger charge is -2.10. The Morgan fingerprint density at radius 1 is 1.13 bits per heavy atom. The van der Waals surface area contributed by atoms with Crippen LogP contribution in [-0.2, 0) is 0 Å². The van der Waals surface area contributed by atoms with Gasteiger partial charge in [0.2, 0.25) is 0 Å². The number of aromatic nitrogens is 1. The van der Waals surface area contributed by atoms with Crippen LogP contribution in [-0.4, -0.2) is 17.4 Å². The number of nitrogens with zero attached hydrogens (tertiary/aromatic N) is 1. The molecule has 3 heteroatoms. The highest BCUT2D eigenvalue weighted by Crippen LogP contribution is 2.33. The van der Waals surface area contributed by atoms with Gasteiger partial charge in [0, 0.05) is 12.7 Å². The third-order valence-electron chi connectivity index (χ3n) is 4.91. The largest absolute Gasteiger partial charge is 0.351 e. The number of unbranched alkanes of at least 4 members (excludes halogenated alkanes) is 6. The number of amides is 1. The minimum Gasteiger partial charge on any atom is -0.351 e. The van der Waals surface area contributed by atoms with Crippen LogP contribution >= 0.6 is 0 Å². The molecule has 3 nitrogen and oxygen atoms in total. The van der Waals surface area contributed by atoms with Crippen LogP contribution in [0.2, 0.25) is 0 Å². The lowest BCUT2D eigenvalue weighted by molar-refractivity contribution is 0.0948. The van der Waals surface area contributed by atoms with Crippen LogP contribution < -0.4 is 5.32 Å². The maximum Gasteiger partial charge on any atom is 0.269 e. The van der Waals surface area contributed by atoms with Gasteiger partial charge >= 0.3 is 0 Å². The molecule has 1 aromatic heterocycles. The third kappa shape index (κ3) is 6.32. The van der Waals surface area contributed by atoms with Gasteiger partial charge in [0.05, 0.1) is 0 Å². The van der Waals surface area contributed by atoms with Crippen molar-refractivity contribution in [3.63, 3.8) is 0 Å². The Balaban J connectivity index is 1.66. The van der Waals surface area contributed by atoms with Crippen LogP contribution in [0.15, 0.2) is 18.3 Å². The summed E-state index contributed by atoms with van der Waals surface area (Å²) in [4.78, 5) is 16.5. The van der Waals surface area contributed by atoms with Crippen molar-refractivity contribution in [1.82, 2.24) is 10.3 Å². The fourth-order valence-corrected chi connectivity index (χ4v) is 3.46. The molecule has 1 aliphatic rings. The molecule has 1 saturated carbocycles. The molecular formula is C20H32N2O. The summed E-state index contributed by atoms with van der Waals surface area (Å²) < 4.78 is 0. The maximum absolute atomic E-state index is 12.2. The van der Waals surface area contributed by atoms with E-state index in [-0.39, 0.29) is 5.91 Å². The van der Waals surface area contributed by atoms with Crippen LogP contribution in [0.3, 0.4) is 0 Å². The number of carbonyl (C=O) groups is 1. The smallest absolute Gasteiger partial charge is 0.269 e. The highest BCUT2D eigenvalue weighted by Gasteiger charge is 2.18. The minimum absolute atomic E-state index is 0.0178. The first-order chi connectivity index (χ1) is 11.3. The fraction of sp³-hybridized carbons (Fsp3) is 0.700. The summed E-state index contributed by atoms with van der Waals surface area (Å²) in [5.74, 6) is 0.614. The third-order valence-corrected chi connectivity index (χ3v) is 4.91. The van der Waals surface area contributed by atoms with Gasteiger partial charge in [-0.25, -0.2) is 0 Å². The molecule has 23 heavy (non-hydrogen) atoms. The van der Waals surface area contributed by atoms with Gasteiger partial charge < -0.3 is 5.32 Å². The first-order valence-electron chi connectivity index (χ1n) is 9.55. The summed E-state index contributed by atoms with van der Waals surface area (Å²) in [5, 5.41) is 3.02. The quantitative estimate of drug-likeness (QED) is 0.601. The Hall–Kier alpha value is -1.38. The highest BCUT2D eigenvalue weighted by molar-refractivity contribution is 5.92. The predicted molar refractivity (Wildman–Crippen MR) is 95.8 cm³/mol. The zero-order valence-corrected chi connectivity index (χ0v) is 14.7. The standard InChI is InChI=1S/C20H32N2O/c1-2-3-4-5-6-7-10-14-22-20(23)19-16-18(13-15-21-19)17-11-8-9-12-17/h13,15-17H,2-12,14H2,1H3,(H,22,23). The Labute approximate surface area is 141 Å². The minimum atomic E-state index is -0.0178. The zero-order valence-electron chi connectivity index (χ0n) is 14.7.